The summed E-state index contributed by atoms with van der Waals surface area (Å²) in [6.45, 7) is 0.861. The Morgan fingerprint density at radius 1 is 1.03 bits per heavy atom. The van der Waals surface area contributed by atoms with Crippen LogP contribution in [0, 0.1) is 5.41 Å². The molecule has 0 spiro atoms. The first-order valence-electron chi connectivity index (χ1n) is 11.2. The molecule has 0 radical (unpaired) electrons. The third-order valence-corrected chi connectivity index (χ3v) is 7.37. The van der Waals surface area contributed by atoms with Crippen LogP contribution in [0.4, 0.5) is 0 Å². The zero-order valence-electron chi connectivity index (χ0n) is 18.1. The number of benzene rings is 1. The van der Waals surface area contributed by atoms with Crippen LogP contribution < -0.4 is 15.0 Å². The van der Waals surface area contributed by atoms with Gasteiger partial charge in [0, 0.05) is 29.9 Å². The molecule has 2 heterocycles. The monoisotopic (exact) mass is 431 g/mol. The molecule has 1 aromatic heterocycles. The van der Waals surface area contributed by atoms with E-state index in [1.807, 2.05) is 12.1 Å². The molecule has 30 heavy (non-hydrogen) atoms. The van der Waals surface area contributed by atoms with Crippen LogP contribution in [-0.4, -0.2) is 42.2 Å². The number of rotatable bonds is 6. The zero-order valence-corrected chi connectivity index (χ0v) is 18.9. The van der Waals surface area contributed by atoms with E-state index in [2.05, 4.69) is 4.57 Å². The van der Waals surface area contributed by atoms with Gasteiger partial charge >= 0.3 is 0 Å². The molecule has 1 saturated carbocycles. The van der Waals surface area contributed by atoms with Gasteiger partial charge in [-0.25, -0.2) is 4.98 Å². The molecule has 7 heteroatoms. The fraction of sp³-hybridized carbons (Fsp3) is 0.652. The molecule has 1 aromatic carbocycles. The van der Waals surface area contributed by atoms with Crippen molar-refractivity contribution >= 4 is 22.7 Å². The Bertz CT molecular complexity index is 916. The van der Waals surface area contributed by atoms with Crippen molar-refractivity contribution in [2.75, 3.05) is 26.6 Å². The second-order valence-corrected chi connectivity index (χ2v) is 9.27. The Kier molecular flexibility index (Phi) is 7.20. The Morgan fingerprint density at radius 2 is 1.73 bits per heavy atom. The number of hydrogen-bond acceptors (Lipinski definition) is 6. The maximum atomic E-state index is 9.09. The molecule has 1 aliphatic carbocycles. The van der Waals surface area contributed by atoms with E-state index in [4.69, 9.17) is 24.6 Å². The van der Waals surface area contributed by atoms with E-state index in [0.717, 1.165) is 54.1 Å². The van der Waals surface area contributed by atoms with Crippen molar-refractivity contribution in [3.05, 3.63) is 17.6 Å². The third kappa shape index (κ3) is 4.62. The van der Waals surface area contributed by atoms with E-state index >= 15 is 0 Å². The van der Waals surface area contributed by atoms with Crippen molar-refractivity contribution < 1.29 is 14.2 Å². The number of hydrogen-bond donors (Lipinski definition) is 1. The molecule has 4 rings (SSSR count). The van der Waals surface area contributed by atoms with Gasteiger partial charge < -0.3 is 18.8 Å². The summed E-state index contributed by atoms with van der Waals surface area (Å²) in [5.41, 5.74) is 1.31. The van der Waals surface area contributed by atoms with E-state index in [-0.39, 0.29) is 6.10 Å². The van der Waals surface area contributed by atoms with Crippen molar-refractivity contribution in [1.82, 2.24) is 9.55 Å². The molecule has 0 bridgehead atoms. The van der Waals surface area contributed by atoms with Crippen molar-refractivity contribution in [1.29, 1.82) is 5.41 Å². The van der Waals surface area contributed by atoms with Gasteiger partial charge in [-0.3, -0.25) is 5.41 Å². The second-order valence-electron chi connectivity index (χ2n) is 8.28. The lowest BCUT2D eigenvalue weighted by molar-refractivity contribution is 0.0315. The van der Waals surface area contributed by atoms with Crippen LogP contribution in [-0.2, 0) is 4.74 Å². The lowest BCUT2D eigenvalue weighted by Gasteiger charge is -2.25. The van der Waals surface area contributed by atoms with Crippen molar-refractivity contribution in [3.8, 4) is 11.5 Å². The maximum absolute atomic E-state index is 9.09. The average molecular weight is 432 g/mol. The van der Waals surface area contributed by atoms with E-state index in [1.54, 1.807) is 26.0 Å². The van der Waals surface area contributed by atoms with E-state index in [9.17, 15) is 0 Å². The van der Waals surface area contributed by atoms with Gasteiger partial charge in [0.1, 0.15) is 5.49 Å². The highest BCUT2D eigenvalue weighted by Gasteiger charge is 2.22. The Hall–Kier alpha value is -1.73. The molecule has 2 aliphatic rings. The van der Waals surface area contributed by atoms with Crippen molar-refractivity contribution in [2.24, 2.45) is 0 Å². The van der Waals surface area contributed by atoms with E-state index in [1.165, 1.54) is 32.1 Å². The van der Waals surface area contributed by atoms with E-state index < -0.39 is 0 Å². The van der Waals surface area contributed by atoms with Crippen LogP contribution in [0.25, 0.3) is 10.9 Å². The van der Waals surface area contributed by atoms with Gasteiger partial charge in [0.05, 0.1) is 25.8 Å². The number of fused-ring (bicyclic) bond motifs is 1. The minimum Gasteiger partial charge on any atom is -0.493 e. The normalized spacial score (nSPS) is 20.8. The maximum Gasteiger partial charge on any atom is 0.170 e. The van der Waals surface area contributed by atoms with Crippen LogP contribution in [0.15, 0.2) is 17.3 Å². The van der Waals surface area contributed by atoms with Crippen molar-refractivity contribution in [2.45, 2.75) is 75.1 Å². The van der Waals surface area contributed by atoms with E-state index in [0.29, 0.717) is 23.0 Å². The Labute approximate surface area is 182 Å². The summed E-state index contributed by atoms with van der Waals surface area (Å²) in [4.78, 5) is 5.03. The van der Waals surface area contributed by atoms with Crippen LogP contribution in [0.3, 0.4) is 0 Å². The highest BCUT2D eigenvalue weighted by Crippen LogP contribution is 2.34. The first-order chi connectivity index (χ1) is 14.7. The Morgan fingerprint density at radius 3 is 2.40 bits per heavy atom. The van der Waals surface area contributed by atoms with Crippen LogP contribution >= 0.6 is 11.8 Å². The molecule has 1 saturated heterocycles. The van der Waals surface area contributed by atoms with Crippen molar-refractivity contribution in [3.63, 3.8) is 0 Å². The second kappa shape index (κ2) is 10.1. The molecule has 164 valence electrons. The SMILES string of the molecule is COc1cc2nc(SC[C@@H]3CCCCO3)n(C3CCCCCC3)c(=N)c2cc1OC. The molecule has 1 N–H and O–H groups in total. The number of aromatic nitrogens is 2. The fourth-order valence-corrected chi connectivity index (χ4v) is 5.74. The molecule has 0 amide bonds. The Balaban J connectivity index is 1.76. The first-order valence-corrected chi connectivity index (χ1v) is 12.2. The molecular formula is C23H33N3O3S. The quantitative estimate of drug-likeness (QED) is 0.392. The lowest BCUT2D eigenvalue weighted by Crippen LogP contribution is -2.29. The van der Waals surface area contributed by atoms with Gasteiger partial charge in [0.2, 0.25) is 0 Å². The highest BCUT2D eigenvalue weighted by molar-refractivity contribution is 7.99. The van der Waals surface area contributed by atoms with Crippen LogP contribution in [0.2, 0.25) is 0 Å². The minimum absolute atomic E-state index is 0.281. The summed E-state index contributed by atoms with van der Waals surface area (Å²) in [6.07, 6.45) is 11.0. The number of ether oxygens (including phenoxy) is 3. The zero-order chi connectivity index (χ0) is 20.9. The molecule has 6 nitrogen and oxygen atoms in total. The molecule has 2 fully saturated rings. The minimum atomic E-state index is 0.281. The summed E-state index contributed by atoms with van der Waals surface area (Å²) in [7, 11) is 3.27. The van der Waals surface area contributed by atoms with Crippen LogP contribution in [0.1, 0.15) is 63.8 Å². The van der Waals surface area contributed by atoms with Gasteiger partial charge in [0.25, 0.3) is 0 Å². The highest BCUT2D eigenvalue weighted by atomic mass is 32.2. The third-order valence-electron chi connectivity index (χ3n) is 6.28. The molecular weight excluding hydrogens is 398 g/mol. The summed E-state index contributed by atoms with van der Waals surface area (Å²) in [5.74, 6) is 2.18. The van der Waals surface area contributed by atoms with Gasteiger partial charge in [0.15, 0.2) is 16.7 Å². The standard InChI is InChI=1S/C23H33N3O3S/c1-27-20-13-18-19(14-21(20)28-2)25-23(30-15-17-11-7-8-12-29-17)26(22(18)24)16-9-5-3-4-6-10-16/h13-14,16-17,24H,3-12,15H2,1-2H3/t17-/m0/s1. The number of nitrogens with one attached hydrogen (secondary N) is 1. The number of nitrogens with zero attached hydrogens (tertiary/aromatic N) is 2. The van der Waals surface area contributed by atoms with Crippen LogP contribution in [0.5, 0.6) is 11.5 Å². The van der Waals surface area contributed by atoms with Gasteiger partial charge in [-0.1, -0.05) is 37.4 Å². The van der Waals surface area contributed by atoms with Gasteiger partial charge in [-0.05, 0) is 38.2 Å². The average Bonchev–Trinajstić information content (AvgIpc) is 3.07. The van der Waals surface area contributed by atoms with Gasteiger partial charge in [-0.2, -0.15) is 0 Å². The molecule has 1 atom stereocenters. The largest absolute Gasteiger partial charge is 0.493 e. The fourth-order valence-electron chi connectivity index (χ4n) is 4.60. The first kappa shape index (κ1) is 21.5. The number of thioether (sulfide) groups is 1. The summed E-state index contributed by atoms with van der Waals surface area (Å²) < 4.78 is 19.1. The predicted molar refractivity (Wildman–Crippen MR) is 120 cm³/mol. The molecule has 0 unspecified atom stereocenters. The smallest absolute Gasteiger partial charge is 0.170 e. The lowest BCUT2D eigenvalue weighted by atomic mass is 10.1. The number of methoxy groups -OCH3 is 2. The summed E-state index contributed by atoms with van der Waals surface area (Å²) in [6, 6.07) is 4.12. The molecule has 2 aromatic rings. The predicted octanol–water partition coefficient (Wildman–Crippen LogP) is 5.09. The molecule has 1 aliphatic heterocycles. The summed E-state index contributed by atoms with van der Waals surface area (Å²) in [5, 5.41) is 10.8. The summed E-state index contributed by atoms with van der Waals surface area (Å²) >= 11 is 1.74. The van der Waals surface area contributed by atoms with Gasteiger partial charge in [-0.15, -0.1) is 0 Å². The topological polar surface area (TPSA) is 69.4 Å².